The molecule has 0 spiro atoms. The number of halogens is 1. The zero-order chi connectivity index (χ0) is 13.7. The van der Waals surface area contributed by atoms with Crippen molar-refractivity contribution in [2.24, 2.45) is 5.73 Å². The molecule has 19 heavy (non-hydrogen) atoms. The Bertz CT molecular complexity index is 610. The van der Waals surface area contributed by atoms with Crippen LogP contribution in [0.4, 0.5) is 10.1 Å². The van der Waals surface area contributed by atoms with E-state index in [1.54, 1.807) is 17.4 Å². The van der Waals surface area contributed by atoms with Crippen LogP contribution in [0.15, 0.2) is 35.7 Å². The van der Waals surface area contributed by atoms with Crippen LogP contribution in [0.25, 0.3) is 0 Å². The van der Waals surface area contributed by atoms with Gasteiger partial charge in [-0.05, 0) is 29.6 Å². The lowest BCUT2D eigenvalue weighted by Gasteiger charge is -2.18. The fourth-order valence-corrected chi connectivity index (χ4v) is 2.62. The number of rotatable bonds is 3. The molecule has 0 atom stereocenters. The van der Waals surface area contributed by atoms with E-state index < -0.39 is 0 Å². The van der Waals surface area contributed by atoms with Crippen molar-refractivity contribution in [3.63, 3.8) is 0 Å². The molecule has 0 unspecified atom stereocenters. The van der Waals surface area contributed by atoms with E-state index in [9.17, 15) is 4.39 Å². The van der Waals surface area contributed by atoms with Gasteiger partial charge in [0.25, 0.3) is 0 Å². The second-order valence-corrected chi connectivity index (χ2v) is 5.10. The Kier molecular flexibility index (Phi) is 4.56. The summed E-state index contributed by atoms with van der Waals surface area (Å²) < 4.78 is 13.2. The third kappa shape index (κ3) is 3.57. The molecule has 1 aromatic carbocycles. The van der Waals surface area contributed by atoms with E-state index in [0.29, 0.717) is 13.1 Å². The first-order valence-electron chi connectivity index (χ1n) is 5.92. The third-order valence-corrected chi connectivity index (χ3v) is 3.61. The van der Waals surface area contributed by atoms with Crippen LogP contribution >= 0.6 is 11.3 Å². The average Bonchev–Trinajstić information content (AvgIpc) is 2.83. The van der Waals surface area contributed by atoms with Crippen LogP contribution in [0.3, 0.4) is 0 Å². The van der Waals surface area contributed by atoms with Gasteiger partial charge in [0, 0.05) is 23.2 Å². The smallest absolute Gasteiger partial charge is 0.125 e. The van der Waals surface area contributed by atoms with Crippen LogP contribution < -0.4 is 10.6 Å². The molecular weight excluding hydrogens is 259 g/mol. The number of anilines is 1. The third-order valence-electron chi connectivity index (χ3n) is 2.70. The molecule has 2 nitrogen and oxygen atoms in total. The predicted octanol–water partition coefficient (Wildman–Crippen LogP) is 2.83. The quantitative estimate of drug-likeness (QED) is 0.872. The first kappa shape index (κ1) is 13.6. The van der Waals surface area contributed by atoms with E-state index in [4.69, 9.17) is 5.73 Å². The molecule has 0 aliphatic rings. The molecule has 4 heteroatoms. The summed E-state index contributed by atoms with van der Waals surface area (Å²) in [4.78, 5) is 3.16. The zero-order valence-corrected chi connectivity index (χ0v) is 11.5. The maximum atomic E-state index is 13.2. The van der Waals surface area contributed by atoms with Gasteiger partial charge in [0.1, 0.15) is 5.82 Å². The summed E-state index contributed by atoms with van der Waals surface area (Å²) in [5.41, 5.74) is 7.23. The highest BCUT2D eigenvalue weighted by atomic mass is 32.1. The largest absolute Gasteiger partial charge is 0.369 e. The molecule has 2 aromatic rings. The number of nitrogens with zero attached hydrogens (tertiary/aromatic N) is 1. The summed E-state index contributed by atoms with van der Waals surface area (Å²) >= 11 is 1.65. The minimum atomic E-state index is -0.223. The highest BCUT2D eigenvalue weighted by Gasteiger charge is 2.07. The average molecular weight is 274 g/mol. The van der Waals surface area contributed by atoms with E-state index in [-0.39, 0.29) is 5.82 Å². The van der Waals surface area contributed by atoms with Gasteiger partial charge in [-0.15, -0.1) is 11.3 Å². The minimum absolute atomic E-state index is 0.223. The van der Waals surface area contributed by atoms with Crippen molar-refractivity contribution in [3.8, 4) is 11.8 Å². The first-order chi connectivity index (χ1) is 9.20. The standard InChI is InChI=1S/C15H15FN2S/c1-18(14-6-2-5-13(16)10-14)11-15-12(4-3-8-17)7-9-19-15/h2,5-7,9-10H,8,11,17H2,1H3. The summed E-state index contributed by atoms with van der Waals surface area (Å²) in [6.45, 7) is 1.06. The van der Waals surface area contributed by atoms with Crippen molar-refractivity contribution in [2.45, 2.75) is 6.54 Å². The Morgan fingerprint density at radius 3 is 2.95 bits per heavy atom. The Labute approximate surface area is 116 Å². The van der Waals surface area contributed by atoms with Gasteiger partial charge in [-0.25, -0.2) is 4.39 Å². The van der Waals surface area contributed by atoms with Crippen molar-refractivity contribution in [1.82, 2.24) is 0 Å². The van der Waals surface area contributed by atoms with Gasteiger partial charge >= 0.3 is 0 Å². The number of hydrogen-bond acceptors (Lipinski definition) is 3. The molecule has 0 aliphatic carbocycles. The van der Waals surface area contributed by atoms with Crippen molar-refractivity contribution in [1.29, 1.82) is 0 Å². The fraction of sp³-hybridized carbons (Fsp3) is 0.200. The van der Waals surface area contributed by atoms with Crippen LogP contribution in [-0.4, -0.2) is 13.6 Å². The maximum Gasteiger partial charge on any atom is 0.125 e. The van der Waals surface area contributed by atoms with Crippen LogP contribution in [0.5, 0.6) is 0 Å². The Balaban J connectivity index is 2.15. The number of thiophene rings is 1. The predicted molar refractivity (Wildman–Crippen MR) is 78.8 cm³/mol. The Hall–Kier alpha value is -1.83. The molecule has 0 radical (unpaired) electrons. The van der Waals surface area contributed by atoms with E-state index in [0.717, 1.165) is 16.1 Å². The molecule has 0 aliphatic heterocycles. The molecule has 1 heterocycles. The van der Waals surface area contributed by atoms with Gasteiger partial charge < -0.3 is 10.6 Å². The van der Waals surface area contributed by atoms with Crippen LogP contribution in [0, 0.1) is 17.7 Å². The van der Waals surface area contributed by atoms with Gasteiger partial charge in [0.15, 0.2) is 0 Å². The van der Waals surface area contributed by atoms with Gasteiger partial charge in [-0.2, -0.15) is 0 Å². The highest BCUT2D eigenvalue weighted by Crippen LogP contribution is 2.21. The summed E-state index contributed by atoms with van der Waals surface area (Å²) in [5.74, 6) is 5.69. The van der Waals surface area contributed by atoms with Crippen molar-refractivity contribution < 1.29 is 4.39 Å². The number of benzene rings is 1. The number of hydrogen-bond donors (Lipinski definition) is 1. The summed E-state index contributed by atoms with van der Waals surface area (Å²) in [6.07, 6.45) is 0. The normalized spacial score (nSPS) is 9.84. The summed E-state index contributed by atoms with van der Waals surface area (Å²) in [5, 5.41) is 2.01. The molecule has 0 fully saturated rings. The molecule has 98 valence electrons. The van der Waals surface area contributed by atoms with Gasteiger partial charge in [0.05, 0.1) is 13.1 Å². The Morgan fingerprint density at radius 2 is 2.21 bits per heavy atom. The van der Waals surface area contributed by atoms with E-state index in [1.165, 1.54) is 12.1 Å². The second-order valence-electron chi connectivity index (χ2n) is 4.10. The maximum absolute atomic E-state index is 13.2. The van der Waals surface area contributed by atoms with Gasteiger partial charge in [-0.1, -0.05) is 17.9 Å². The minimum Gasteiger partial charge on any atom is -0.369 e. The molecule has 2 N–H and O–H groups in total. The molecule has 1 aromatic heterocycles. The first-order valence-corrected chi connectivity index (χ1v) is 6.80. The lowest BCUT2D eigenvalue weighted by Crippen LogP contribution is -2.16. The topological polar surface area (TPSA) is 29.3 Å². The molecular formula is C15H15FN2S. The second kappa shape index (κ2) is 6.37. The summed E-state index contributed by atoms with van der Waals surface area (Å²) in [7, 11) is 1.94. The molecule has 0 bridgehead atoms. The van der Waals surface area contributed by atoms with Crippen LogP contribution in [-0.2, 0) is 6.54 Å². The monoisotopic (exact) mass is 274 g/mol. The van der Waals surface area contributed by atoms with E-state index >= 15 is 0 Å². The van der Waals surface area contributed by atoms with E-state index in [2.05, 4.69) is 11.8 Å². The van der Waals surface area contributed by atoms with Crippen LogP contribution in [0.2, 0.25) is 0 Å². The van der Waals surface area contributed by atoms with E-state index in [1.807, 2.05) is 29.5 Å². The highest BCUT2D eigenvalue weighted by molar-refractivity contribution is 7.10. The zero-order valence-electron chi connectivity index (χ0n) is 10.7. The molecule has 0 saturated heterocycles. The fourth-order valence-electron chi connectivity index (χ4n) is 1.74. The molecule has 2 rings (SSSR count). The lowest BCUT2D eigenvalue weighted by atomic mass is 10.2. The van der Waals surface area contributed by atoms with Gasteiger partial charge in [0.2, 0.25) is 0 Å². The molecule has 0 saturated carbocycles. The van der Waals surface area contributed by atoms with Crippen molar-refractivity contribution >= 4 is 17.0 Å². The Morgan fingerprint density at radius 1 is 1.37 bits per heavy atom. The SMILES string of the molecule is CN(Cc1sccc1C#CCN)c1cccc(F)c1. The van der Waals surface area contributed by atoms with Gasteiger partial charge in [-0.3, -0.25) is 0 Å². The summed E-state index contributed by atoms with van der Waals surface area (Å²) in [6, 6.07) is 8.56. The van der Waals surface area contributed by atoms with Crippen molar-refractivity contribution in [2.75, 3.05) is 18.5 Å². The lowest BCUT2D eigenvalue weighted by molar-refractivity contribution is 0.627. The molecule has 0 amide bonds. The number of nitrogens with two attached hydrogens (primary N) is 1. The van der Waals surface area contributed by atoms with Crippen LogP contribution in [0.1, 0.15) is 10.4 Å². The van der Waals surface area contributed by atoms with Crippen molar-refractivity contribution in [3.05, 3.63) is 52.0 Å².